The minimum absolute atomic E-state index is 0.102. The lowest BCUT2D eigenvalue weighted by Gasteiger charge is -2.04. The Morgan fingerprint density at radius 1 is 1.53 bits per heavy atom. The van der Waals surface area contributed by atoms with E-state index in [0.717, 1.165) is 11.0 Å². The Morgan fingerprint density at radius 2 is 2.35 bits per heavy atom. The number of rotatable bonds is 4. The molecule has 5 heteroatoms. The van der Waals surface area contributed by atoms with Gasteiger partial charge in [-0.1, -0.05) is 0 Å². The molecule has 0 aliphatic heterocycles. The van der Waals surface area contributed by atoms with Crippen molar-refractivity contribution in [3.8, 4) is 0 Å². The third-order valence-electron chi connectivity index (χ3n) is 2.58. The van der Waals surface area contributed by atoms with Crippen molar-refractivity contribution in [1.29, 1.82) is 0 Å². The van der Waals surface area contributed by atoms with Gasteiger partial charge in [0, 0.05) is 26.3 Å². The summed E-state index contributed by atoms with van der Waals surface area (Å²) in [5.41, 5.74) is 2.46. The summed E-state index contributed by atoms with van der Waals surface area (Å²) in [4.78, 5) is 16.0. The molecule has 17 heavy (non-hydrogen) atoms. The zero-order valence-electron chi connectivity index (χ0n) is 9.93. The number of carbonyl (C=O) groups excluding carboxylic acids is 1. The number of benzene rings is 1. The van der Waals surface area contributed by atoms with Crippen molar-refractivity contribution in [2.45, 2.75) is 0 Å². The Labute approximate surface area is 99.4 Å². The normalized spacial score (nSPS) is 10.7. The molecule has 0 atom stereocenters. The van der Waals surface area contributed by atoms with E-state index in [1.807, 2.05) is 17.7 Å². The van der Waals surface area contributed by atoms with Crippen LogP contribution in [-0.4, -0.2) is 35.7 Å². The number of hydrogen-bond acceptors (Lipinski definition) is 3. The lowest BCUT2D eigenvalue weighted by Crippen LogP contribution is -2.26. The molecule has 0 spiro atoms. The maximum atomic E-state index is 11.8. The number of ether oxygens (including phenoxy) is 1. The average molecular weight is 233 g/mol. The van der Waals surface area contributed by atoms with Crippen LogP contribution in [0.2, 0.25) is 0 Å². The van der Waals surface area contributed by atoms with Crippen molar-refractivity contribution in [3.05, 3.63) is 30.1 Å². The Kier molecular flexibility index (Phi) is 3.39. The fourth-order valence-corrected chi connectivity index (χ4v) is 1.65. The molecule has 0 unspecified atom stereocenters. The summed E-state index contributed by atoms with van der Waals surface area (Å²) in [6.45, 7) is 1.02. The van der Waals surface area contributed by atoms with Crippen LogP contribution in [0.15, 0.2) is 24.5 Å². The fourth-order valence-electron chi connectivity index (χ4n) is 1.65. The van der Waals surface area contributed by atoms with E-state index in [1.165, 1.54) is 0 Å². The minimum atomic E-state index is -0.102. The first-order chi connectivity index (χ1) is 8.22. The molecule has 1 aromatic carbocycles. The molecule has 0 bridgehead atoms. The van der Waals surface area contributed by atoms with Crippen molar-refractivity contribution in [2.75, 3.05) is 20.3 Å². The minimum Gasteiger partial charge on any atom is -0.383 e. The molecular formula is C12H15N3O2. The summed E-state index contributed by atoms with van der Waals surface area (Å²) < 4.78 is 6.79. The highest BCUT2D eigenvalue weighted by molar-refractivity contribution is 5.97. The molecule has 0 fully saturated rings. The number of nitrogens with zero attached hydrogens (tertiary/aromatic N) is 2. The van der Waals surface area contributed by atoms with Gasteiger partial charge in [-0.3, -0.25) is 4.79 Å². The van der Waals surface area contributed by atoms with Gasteiger partial charge >= 0.3 is 0 Å². The molecule has 2 aromatic rings. The maximum Gasteiger partial charge on any atom is 0.251 e. The molecule has 0 saturated carbocycles. The van der Waals surface area contributed by atoms with Gasteiger partial charge in [0.1, 0.15) is 0 Å². The van der Waals surface area contributed by atoms with Crippen molar-refractivity contribution < 1.29 is 9.53 Å². The summed E-state index contributed by atoms with van der Waals surface area (Å²) in [6.07, 6.45) is 1.73. The second-order valence-corrected chi connectivity index (χ2v) is 3.81. The van der Waals surface area contributed by atoms with Gasteiger partial charge in [-0.25, -0.2) is 4.98 Å². The van der Waals surface area contributed by atoms with Crippen molar-refractivity contribution in [2.24, 2.45) is 7.05 Å². The molecular weight excluding hydrogens is 218 g/mol. The molecule has 1 aromatic heterocycles. The second kappa shape index (κ2) is 4.97. The SMILES string of the molecule is COCCNC(=O)c1ccc2c(c1)ncn2C. The van der Waals surface area contributed by atoms with Crippen LogP contribution in [-0.2, 0) is 11.8 Å². The van der Waals surface area contributed by atoms with Gasteiger partial charge < -0.3 is 14.6 Å². The monoisotopic (exact) mass is 233 g/mol. The van der Waals surface area contributed by atoms with Crippen LogP contribution in [0.4, 0.5) is 0 Å². The van der Waals surface area contributed by atoms with Gasteiger partial charge in [0.2, 0.25) is 0 Å². The molecule has 1 heterocycles. The Morgan fingerprint density at radius 3 is 3.12 bits per heavy atom. The first kappa shape index (κ1) is 11.6. The molecule has 0 radical (unpaired) electrons. The van der Waals surface area contributed by atoms with E-state index in [9.17, 15) is 4.79 Å². The molecule has 0 aliphatic rings. The summed E-state index contributed by atoms with van der Waals surface area (Å²) in [7, 11) is 3.53. The third kappa shape index (κ3) is 2.45. The number of aromatic nitrogens is 2. The topological polar surface area (TPSA) is 56.1 Å². The molecule has 0 saturated heterocycles. The van der Waals surface area contributed by atoms with Gasteiger partial charge in [-0.05, 0) is 18.2 Å². The molecule has 5 nitrogen and oxygen atoms in total. The van der Waals surface area contributed by atoms with E-state index < -0.39 is 0 Å². The van der Waals surface area contributed by atoms with Gasteiger partial charge in [-0.15, -0.1) is 0 Å². The first-order valence-electron chi connectivity index (χ1n) is 5.40. The van der Waals surface area contributed by atoms with Crippen molar-refractivity contribution >= 4 is 16.9 Å². The van der Waals surface area contributed by atoms with Crippen LogP contribution in [0.1, 0.15) is 10.4 Å². The van der Waals surface area contributed by atoms with E-state index in [0.29, 0.717) is 18.7 Å². The summed E-state index contributed by atoms with van der Waals surface area (Å²) >= 11 is 0. The smallest absolute Gasteiger partial charge is 0.251 e. The summed E-state index contributed by atoms with van der Waals surface area (Å²) in [5.74, 6) is -0.102. The third-order valence-corrected chi connectivity index (χ3v) is 2.58. The van der Waals surface area contributed by atoms with Crippen LogP contribution in [0.3, 0.4) is 0 Å². The van der Waals surface area contributed by atoms with Gasteiger partial charge in [-0.2, -0.15) is 0 Å². The number of nitrogens with one attached hydrogen (secondary N) is 1. The zero-order chi connectivity index (χ0) is 12.3. The number of amides is 1. The van der Waals surface area contributed by atoms with Crippen LogP contribution < -0.4 is 5.32 Å². The highest BCUT2D eigenvalue weighted by Gasteiger charge is 2.07. The first-order valence-corrected chi connectivity index (χ1v) is 5.40. The van der Waals surface area contributed by atoms with Crippen molar-refractivity contribution in [3.63, 3.8) is 0 Å². The highest BCUT2D eigenvalue weighted by atomic mass is 16.5. The molecule has 1 amide bonds. The fraction of sp³-hybridized carbons (Fsp3) is 0.333. The number of imidazole rings is 1. The van der Waals surface area contributed by atoms with E-state index >= 15 is 0 Å². The summed E-state index contributed by atoms with van der Waals surface area (Å²) in [5, 5.41) is 2.77. The van der Waals surface area contributed by atoms with Gasteiger partial charge in [0.15, 0.2) is 0 Å². The average Bonchev–Trinajstić information content (AvgIpc) is 2.71. The Bertz CT molecular complexity index is 534. The standard InChI is InChI=1S/C12H15N3O2/c1-15-8-14-10-7-9(3-4-11(10)15)12(16)13-5-6-17-2/h3-4,7-8H,5-6H2,1-2H3,(H,13,16). The van der Waals surface area contributed by atoms with E-state index in [2.05, 4.69) is 10.3 Å². The largest absolute Gasteiger partial charge is 0.383 e. The number of fused-ring (bicyclic) bond motifs is 1. The zero-order valence-corrected chi connectivity index (χ0v) is 9.93. The van der Waals surface area contributed by atoms with Crippen LogP contribution in [0.25, 0.3) is 11.0 Å². The van der Waals surface area contributed by atoms with Crippen molar-refractivity contribution in [1.82, 2.24) is 14.9 Å². The molecule has 90 valence electrons. The lowest BCUT2D eigenvalue weighted by molar-refractivity contribution is 0.0937. The number of methoxy groups -OCH3 is 1. The molecule has 2 rings (SSSR count). The predicted octanol–water partition coefficient (Wildman–Crippen LogP) is 0.950. The van der Waals surface area contributed by atoms with Gasteiger partial charge in [0.25, 0.3) is 5.91 Å². The highest BCUT2D eigenvalue weighted by Crippen LogP contribution is 2.13. The van der Waals surface area contributed by atoms with Crippen LogP contribution >= 0.6 is 0 Å². The molecule has 1 N–H and O–H groups in total. The maximum absolute atomic E-state index is 11.8. The quantitative estimate of drug-likeness (QED) is 0.800. The summed E-state index contributed by atoms with van der Waals surface area (Å²) in [6, 6.07) is 5.48. The second-order valence-electron chi connectivity index (χ2n) is 3.81. The van der Waals surface area contributed by atoms with E-state index in [-0.39, 0.29) is 5.91 Å². The van der Waals surface area contributed by atoms with E-state index in [1.54, 1.807) is 25.6 Å². The van der Waals surface area contributed by atoms with Crippen LogP contribution in [0.5, 0.6) is 0 Å². The lowest BCUT2D eigenvalue weighted by atomic mass is 10.2. The molecule has 0 aliphatic carbocycles. The number of aryl methyl sites for hydroxylation is 1. The number of carbonyl (C=O) groups is 1. The Balaban J connectivity index is 2.15. The number of hydrogen-bond donors (Lipinski definition) is 1. The van der Waals surface area contributed by atoms with Gasteiger partial charge in [0.05, 0.1) is 24.0 Å². The predicted molar refractivity (Wildman–Crippen MR) is 64.9 cm³/mol. The van der Waals surface area contributed by atoms with E-state index in [4.69, 9.17) is 4.74 Å². The van der Waals surface area contributed by atoms with Crippen LogP contribution in [0, 0.1) is 0 Å². The Hall–Kier alpha value is -1.88.